The number of hydrogen-bond acceptors (Lipinski definition) is 4. The molecule has 0 radical (unpaired) electrons. The molecule has 0 aliphatic rings. The lowest BCUT2D eigenvalue weighted by atomic mass is 10.0. The van der Waals surface area contributed by atoms with Crippen molar-refractivity contribution < 1.29 is 9.53 Å². The van der Waals surface area contributed by atoms with E-state index in [4.69, 9.17) is 4.74 Å². The third kappa shape index (κ3) is 14.0. The van der Waals surface area contributed by atoms with Crippen molar-refractivity contribution in [2.24, 2.45) is 0 Å². The molecule has 1 aromatic heterocycles. The standard InChI is InChI=1S/C30H46N2O2/c1-2-3-4-5-6-7-8-9-10-11-12-13-14-15-16-24-32-28-21-19-27(20-22-28)25-30(33)34-29-18-17-23-31-26-29/h17-23,26,32H,2-16,24-25H2,1H3. The van der Waals surface area contributed by atoms with Gasteiger partial charge in [-0.3, -0.25) is 9.78 Å². The molecule has 0 spiro atoms. The number of rotatable bonds is 20. The number of anilines is 1. The van der Waals surface area contributed by atoms with Gasteiger partial charge in [-0.2, -0.15) is 0 Å². The number of carbonyl (C=O) groups excluding carboxylic acids is 1. The van der Waals surface area contributed by atoms with Gasteiger partial charge in [-0.1, -0.05) is 109 Å². The van der Waals surface area contributed by atoms with Crippen LogP contribution in [0.3, 0.4) is 0 Å². The predicted octanol–water partition coefficient (Wildman–Crippen LogP) is 8.51. The number of carbonyl (C=O) groups is 1. The van der Waals surface area contributed by atoms with Crippen molar-refractivity contribution in [1.29, 1.82) is 0 Å². The average molecular weight is 467 g/mol. The fraction of sp³-hybridized carbons (Fsp3) is 0.600. The smallest absolute Gasteiger partial charge is 0.315 e. The number of hydrogen-bond donors (Lipinski definition) is 1. The van der Waals surface area contributed by atoms with Crippen LogP contribution in [0.2, 0.25) is 0 Å². The lowest BCUT2D eigenvalue weighted by Crippen LogP contribution is -2.11. The van der Waals surface area contributed by atoms with Crippen LogP contribution in [0, 0.1) is 0 Å². The first-order chi connectivity index (χ1) is 16.8. The molecule has 0 unspecified atom stereocenters. The van der Waals surface area contributed by atoms with E-state index in [1.54, 1.807) is 24.5 Å². The minimum absolute atomic E-state index is 0.258. The number of benzene rings is 1. The van der Waals surface area contributed by atoms with Gasteiger partial charge in [0.15, 0.2) is 0 Å². The summed E-state index contributed by atoms with van der Waals surface area (Å²) in [5, 5.41) is 3.49. The lowest BCUT2D eigenvalue weighted by molar-refractivity contribution is -0.133. The molecule has 2 aromatic rings. The van der Waals surface area contributed by atoms with Crippen molar-refractivity contribution in [3.63, 3.8) is 0 Å². The Labute approximate surface area is 207 Å². The second kappa shape index (κ2) is 19.0. The van der Waals surface area contributed by atoms with Crippen LogP contribution in [-0.4, -0.2) is 17.5 Å². The van der Waals surface area contributed by atoms with E-state index in [0.29, 0.717) is 5.75 Å². The molecule has 0 saturated heterocycles. The molecule has 0 bridgehead atoms. The van der Waals surface area contributed by atoms with Crippen molar-refractivity contribution in [1.82, 2.24) is 4.98 Å². The van der Waals surface area contributed by atoms with Crippen molar-refractivity contribution in [3.05, 3.63) is 54.4 Å². The zero-order valence-electron chi connectivity index (χ0n) is 21.4. The Morgan fingerprint density at radius 2 is 1.32 bits per heavy atom. The van der Waals surface area contributed by atoms with Crippen LogP contribution < -0.4 is 10.1 Å². The molecule has 4 nitrogen and oxygen atoms in total. The van der Waals surface area contributed by atoms with Crippen LogP contribution in [0.15, 0.2) is 48.8 Å². The van der Waals surface area contributed by atoms with E-state index < -0.39 is 0 Å². The monoisotopic (exact) mass is 466 g/mol. The summed E-state index contributed by atoms with van der Waals surface area (Å²) in [6, 6.07) is 11.5. The van der Waals surface area contributed by atoms with Gasteiger partial charge in [-0.25, -0.2) is 0 Å². The van der Waals surface area contributed by atoms with Gasteiger partial charge in [0.2, 0.25) is 0 Å². The highest BCUT2D eigenvalue weighted by atomic mass is 16.5. The number of ether oxygens (including phenoxy) is 1. The number of aromatic nitrogens is 1. The van der Waals surface area contributed by atoms with E-state index >= 15 is 0 Å². The summed E-state index contributed by atoms with van der Waals surface area (Å²) in [5.74, 6) is 0.209. The number of nitrogens with zero attached hydrogens (tertiary/aromatic N) is 1. The highest BCUT2D eigenvalue weighted by molar-refractivity contribution is 5.75. The first-order valence-electron chi connectivity index (χ1n) is 13.7. The molecule has 0 aliphatic heterocycles. The molecule has 0 atom stereocenters. The third-order valence-corrected chi connectivity index (χ3v) is 6.28. The maximum Gasteiger partial charge on any atom is 0.315 e. The summed E-state index contributed by atoms with van der Waals surface area (Å²) < 4.78 is 5.30. The zero-order valence-corrected chi connectivity index (χ0v) is 21.4. The Morgan fingerprint density at radius 3 is 1.85 bits per heavy atom. The van der Waals surface area contributed by atoms with Crippen molar-refractivity contribution >= 4 is 11.7 Å². The summed E-state index contributed by atoms with van der Waals surface area (Å²) in [5.41, 5.74) is 2.06. The van der Waals surface area contributed by atoms with E-state index in [2.05, 4.69) is 17.2 Å². The summed E-state index contributed by atoms with van der Waals surface area (Å²) in [6.45, 7) is 3.28. The fourth-order valence-electron chi connectivity index (χ4n) is 4.21. The van der Waals surface area contributed by atoms with Crippen LogP contribution in [-0.2, 0) is 11.2 Å². The summed E-state index contributed by atoms with van der Waals surface area (Å²) >= 11 is 0. The van der Waals surface area contributed by atoms with Gasteiger partial charge in [0, 0.05) is 18.4 Å². The van der Waals surface area contributed by atoms with E-state index in [0.717, 1.165) is 17.8 Å². The SMILES string of the molecule is CCCCCCCCCCCCCCCCCNc1ccc(CC(=O)Oc2cccnc2)cc1. The molecule has 1 heterocycles. The van der Waals surface area contributed by atoms with E-state index in [1.165, 1.54) is 96.3 Å². The molecule has 0 aliphatic carbocycles. The molecular formula is C30H46N2O2. The Hall–Kier alpha value is -2.36. The molecular weight excluding hydrogens is 420 g/mol. The van der Waals surface area contributed by atoms with Gasteiger partial charge < -0.3 is 10.1 Å². The topological polar surface area (TPSA) is 51.2 Å². The van der Waals surface area contributed by atoms with Crippen molar-refractivity contribution in [2.75, 3.05) is 11.9 Å². The maximum atomic E-state index is 12.0. The molecule has 0 saturated carbocycles. The van der Waals surface area contributed by atoms with Crippen LogP contribution in [0.25, 0.3) is 0 Å². The summed E-state index contributed by atoms with van der Waals surface area (Å²) in [6.07, 6.45) is 24.3. The molecule has 1 aromatic carbocycles. The molecule has 0 amide bonds. The quantitative estimate of drug-likeness (QED) is 0.157. The molecule has 0 fully saturated rings. The predicted molar refractivity (Wildman–Crippen MR) is 143 cm³/mol. The number of unbranched alkanes of at least 4 members (excludes halogenated alkanes) is 14. The maximum absolute atomic E-state index is 12.0. The third-order valence-electron chi connectivity index (χ3n) is 6.28. The van der Waals surface area contributed by atoms with E-state index in [-0.39, 0.29) is 12.4 Å². The average Bonchev–Trinajstić information content (AvgIpc) is 2.85. The Kier molecular flexibility index (Phi) is 15.6. The lowest BCUT2D eigenvalue weighted by Gasteiger charge is -2.08. The molecule has 1 N–H and O–H groups in total. The first-order valence-corrected chi connectivity index (χ1v) is 13.7. The Morgan fingerprint density at radius 1 is 0.765 bits per heavy atom. The number of esters is 1. The minimum atomic E-state index is -0.272. The molecule has 34 heavy (non-hydrogen) atoms. The van der Waals surface area contributed by atoms with Gasteiger partial charge in [-0.15, -0.1) is 0 Å². The van der Waals surface area contributed by atoms with Gasteiger partial charge in [0.1, 0.15) is 5.75 Å². The van der Waals surface area contributed by atoms with Gasteiger partial charge in [0.25, 0.3) is 0 Å². The van der Waals surface area contributed by atoms with E-state index in [1.807, 2.05) is 24.3 Å². The van der Waals surface area contributed by atoms with E-state index in [9.17, 15) is 4.79 Å². The van der Waals surface area contributed by atoms with Gasteiger partial charge >= 0.3 is 5.97 Å². The molecule has 2 rings (SSSR count). The van der Waals surface area contributed by atoms with Gasteiger partial charge in [0.05, 0.1) is 12.6 Å². The Bertz CT molecular complexity index is 746. The first kappa shape index (κ1) is 27.9. The highest BCUT2D eigenvalue weighted by Gasteiger charge is 2.06. The second-order valence-corrected chi connectivity index (χ2v) is 9.41. The van der Waals surface area contributed by atoms with Crippen molar-refractivity contribution in [3.8, 4) is 5.75 Å². The summed E-state index contributed by atoms with van der Waals surface area (Å²) in [7, 11) is 0. The Balaban J connectivity index is 1.40. The fourth-order valence-corrected chi connectivity index (χ4v) is 4.21. The molecule has 4 heteroatoms. The summed E-state index contributed by atoms with van der Waals surface area (Å²) in [4.78, 5) is 16.0. The van der Waals surface area contributed by atoms with Crippen LogP contribution in [0.4, 0.5) is 5.69 Å². The van der Waals surface area contributed by atoms with Gasteiger partial charge in [-0.05, 0) is 36.2 Å². The number of pyridine rings is 1. The zero-order chi connectivity index (χ0) is 24.1. The minimum Gasteiger partial charge on any atom is -0.425 e. The number of nitrogens with one attached hydrogen (secondary N) is 1. The van der Waals surface area contributed by atoms with Crippen molar-refractivity contribution in [2.45, 2.75) is 110 Å². The largest absolute Gasteiger partial charge is 0.425 e. The molecule has 188 valence electrons. The highest BCUT2D eigenvalue weighted by Crippen LogP contribution is 2.15. The second-order valence-electron chi connectivity index (χ2n) is 9.41. The van der Waals surface area contributed by atoms with Crippen LogP contribution in [0.1, 0.15) is 109 Å². The normalized spacial score (nSPS) is 10.9. The van der Waals surface area contributed by atoms with Crippen LogP contribution in [0.5, 0.6) is 5.75 Å². The van der Waals surface area contributed by atoms with Crippen LogP contribution >= 0.6 is 0 Å².